The topological polar surface area (TPSA) is 63.1 Å². The zero-order chi connectivity index (χ0) is 14.3. The van der Waals surface area contributed by atoms with Crippen LogP contribution in [0.5, 0.6) is 0 Å². The van der Waals surface area contributed by atoms with Gasteiger partial charge in [0.25, 0.3) is 0 Å². The zero-order valence-corrected chi connectivity index (χ0v) is 10.6. The molecule has 100 valence electrons. The molecule has 0 fully saturated rings. The molecule has 0 saturated heterocycles. The highest BCUT2D eigenvalue weighted by Gasteiger charge is 2.16. The van der Waals surface area contributed by atoms with E-state index in [0.29, 0.717) is 11.1 Å². The first-order valence-electron chi connectivity index (χ1n) is 5.99. The van der Waals surface area contributed by atoms with Gasteiger partial charge in [-0.05, 0) is 36.8 Å². The van der Waals surface area contributed by atoms with E-state index in [2.05, 4.69) is 4.98 Å². The Morgan fingerprint density at radius 2 is 2.05 bits per heavy atom. The Balaban J connectivity index is 2.12. The van der Waals surface area contributed by atoms with Gasteiger partial charge in [0.05, 0.1) is 11.1 Å². The molecular formula is C15H10FNO3. The van der Waals surface area contributed by atoms with E-state index in [1.54, 1.807) is 25.1 Å². The lowest BCUT2D eigenvalue weighted by molar-refractivity contribution is 0.103. The van der Waals surface area contributed by atoms with Crippen LogP contribution in [0.2, 0.25) is 0 Å². The highest BCUT2D eigenvalue weighted by molar-refractivity contribution is 6.10. The first-order valence-corrected chi connectivity index (χ1v) is 5.99. The highest BCUT2D eigenvalue weighted by atomic mass is 19.1. The minimum Gasteiger partial charge on any atom is -0.408 e. The normalized spacial score (nSPS) is 10.9. The second kappa shape index (κ2) is 4.45. The number of carbonyl (C=O) groups excluding carboxylic acids is 1. The Morgan fingerprint density at radius 1 is 1.25 bits per heavy atom. The van der Waals surface area contributed by atoms with E-state index >= 15 is 0 Å². The van der Waals surface area contributed by atoms with Crippen molar-refractivity contribution in [1.29, 1.82) is 0 Å². The Hall–Kier alpha value is -2.69. The van der Waals surface area contributed by atoms with Crippen molar-refractivity contribution in [3.63, 3.8) is 0 Å². The van der Waals surface area contributed by atoms with Gasteiger partial charge >= 0.3 is 5.76 Å². The number of aromatic amines is 1. The number of ketones is 1. The Morgan fingerprint density at radius 3 is 2.85 bits per heavy atom. The number of hydrogen-bond acceptors (Lipinski definition) is 3. The molecule has 1 heterocycles. The molecule has 0 aliphatic heterocycles. The predicted molar refractivity (Wildman–Crippen MR) is 71.4 cm³/mol. The summed E-state index contributed by atoms with van der Waals surface area (Å²) in [5, 5.41) is 0. The van der Waals surface area contributed by atoms with E-state index in [0.717, 1.165) is 0 Å². The Bertz CT molecular complexity index is 876. The summed E-state index contributed by atoms with van der Waals surface area (Å²) in [5.74, 6) is -1.57. The Kier molecular flexibility index (Phi) is 2.75. The molecule has 0 atom stereocenters. The van der Waals surface area contributed by atoms with E-state index in [9.17, 15) is 14.0 Å². The standard InChI is InChI=1S/C15H10FNO3/c1-8-3-2-4-10(13(8)16)14(18)9-5-6-11-12(7-9)20-15(19)17-11/h2-7H,1H3,(H,17,19). The molecule has 5 heteroatoms. The number of aromatic nitrogens is 1. The number of halogens is 1. The van der Waals surface area contributed by atoms with Crippen LogP contribution in [0.1, 0.15) is 21.5 Å². The largest absolute Gasteiger partial charge is 0.417 e. The summed E-state index contributed by atoms with van der Waals surface area (Å²) in [5.41, 5.74) is 1.45. The van der Waals surface area contributed by atoms with Crippen molar-refractivity contribution in [3.05, 3.63) is 69.5 Å². The molecule has 3 rings (SSSR count). The molecule has 0 unspecified atom stereocenters. The van der Waals surface area contributed by atoms with Gasteiger partial charge in [0.15, 0.2) is 11.4 Å². The van der Waals surface area contributed by atoms with Crippen LogP contribution in [0.15, 0.2) is 45.6 Å². The lowest BCUT2D eigenvalue weighted by atomic mass is 10.0. The fourth-order valence-electron chi connectivity index (χ4n) is 2.06. The SMILES string of the molecule is Cc1cccc(C(=O)c2ccc3[nH]c(=O)oc3c2)c1F. The number of H-pyrrole nitrogens is 1. The summed E-state index contributed by atoms with van der Waals surface area (Å²) >= 11 is 0. The number of aryl methyl sites for hydroxylation is 1. The summed E-state index contributed by atoms with van der Waals surface area (Å²) in [6.45, 7) is 1.60. The number of carbonyl (C=O) groups is 1. The van der Waals surface area contributed by atoms with Crippen LogP contribution in [0.3, 0.4) is 0 Å². The molecule has 20 heavy (non-hydrogen) atoms. The number of fused-ring (bicyclic) bond motifs is 1. The molecule has 0 spiro atoms. The minimum absolute atomic E-state index is 0.00207. The average molecular weight is 271 g/mol. The van der Waals surface area contributed by atoms with Gasteiger partial charge in [-0.15, -0.1) is 0 Å². The van der Waals surface area contributed by atoms with Crippen molar-refractivity contribution < 1.29 is 13.6 Å². The first kappa shape index (κ1) is 12.3. The van der Waals surface area contributed by atoms with Gasteiger partial charge in [0.2, 0.25) is 0 Å². The van der Waals surface area contributed by atoms with Crippen LogP contribution in [0.4, 0.5) is 4.39 Å². The van der Waals surface area contributed by atoms with Gasteiger partial charge in [0.1, 0.15) is 5.82 Å². The van der Waals surface area contributed by atoms with Crippen LogP contribution in [-0.4, -0.2) is 10.8 Å². The van der Waals surface area contributed by atoms with Crippen LogP contribution >= 0.6 is 0 Å². The van der Waals surface area contributed by atoms with E-state index in [-0.39, 0.29) is 16.7 Å². The number of hydrogen-bond donors (Lipinski definition) is 1. The third-order valence-electron chi connectivity index (χ3n) is 3.12. The van der Waals surface area contributed by atoms with Crippen molar-refractivity contribution in [2.75, 3.05) is 0 Å². The summed E-state index contributed by atoms with van der Waals surface area (Å²) in [7, 11) is 0. The summed E-state index contributed by atoms with van der Waals surface area (Å²) < 4.78 is 18.8. The van der Waals surface area contributed by atoms with Crippen molar-refractivity contribution >= 4 is 16.9 Å². The zero-order valence-electron chi connectivity index (χ0n) is 10.6. The van der Waals surface area contributed by atoms with Crippen molar-refractivity contribution in [2.24, 2.45) is 0 Å². The summed E-state index contributed by atoms with van der Waals surface area (Å²) in [6, 6.07) is 9.17. The van der Waals surface area contributed by atoms with E-state index in [1.807, 2.05) is 0 Å². The third-order valence-corrected chi connectivity index (χ3v) is 3.12. The molecule has 1 aromatic heterocycles. The summed E-state index contributed by atoms with van der Waals surface area (Å²) in [4.78, 5) is 25.8. The van der Waals surface area contributed by atoms with Gasteiger partial charge in [-0.2, -0.15) is 0 Å². The maximum Gasteiger partial charge on any atom is 0.417 e. The first-order chi connectivity index (χ1) is 9.56. The van der Waals surface area contributed by atoms with Gasteiger partial charge in [-0.1, -0.05) is 12.1 Å². The van der Waals surface area contributed by atoms with Gasteiger partial charge in [-0.25, -0.2) is 9.18 Å². The molecule has 4 nitrogen and oxygen atoms in total. The quantitative estimate of drug-likeness (QED) is 0.729. The lowest BCUT2D eigenvalue weighted by Gasteiger charge is -2.04. The third kappa shape index (κ3) is 1.93. The van der Waals surface area contributed by atoms with E-state index in [1.165, 1.54) is 18.2 Å². The lowest BCUT2D eigenvalue weighted by Crippen LogP contribution is -2.05. The molecule has 0 aliphatic rings. The molecule has 0 aliphatic carbocycles. The fraction of sp³-hybridized carbons (Fsp3) is 0.0667. The smallest absolute Gasteiger partial charge is 0.408 e. The maximum atomic E-state index is 14.0. The molecule has 2 aromatic carbocycles. The van der Waals surface area contributed by atoms with Crippen molar-refractivity contribution in [1.82, 2.24) is 4.98 Å². The average Bonchev–Trinajstić information content (AvgIpc) is 2.80. The maximum absolute atomic E-state index is 14.0. The molecule has 0 amide bonds. The van der Waals surface area contributed by atoms with Crippen molar-refractivity contribution in [3.8, 4) is 0 Å². The molecule has 0 radical (unpaired) electrons. The number of oxazole rings is 1. The number of rotatable bonds is 2. The monoisotopic (exact) mass is 271 g/mol. The molecule has 0 saturated carbocycles. The Labute approximate surface area is 112 Å². The van der Waals surface area contributed by atoms with Gasteiger partial charge in [-0.3, -0.25) is 9.78 Å². The molecule has 0 bridgehead atoms. The fourth-order valence-corrected chi connectivity index (χ4v) is 2.06. The summed E-state index contributed by atoms with van der Waals surface area (Å²) in [6.07, 6.45) is 0. The van der Waals surface area contributed by atoms with Gasteiger partial charge in [0, 0.05) is 5.56 Å². The van der Waals surface area contributed by atoms with E-state index < -0.39 is 17.4 Å². The highest BCUT2D eigenvalue weighted by Crippen LogP contribution is 2.19. The number of benzene rings is 2. The predicted octanol–water partition coefficient (Wildman–Crippen LogP) is 2.80. The second-order valence-corrected chi connectivity index (χ2v) is 4.49. The number of nitrogens with one attached hydrogen (secondary N) is 1. The van der Waals surface area contributed by atoms with E-state index in [4.69, 9.17) is 4.42 Å². The van der Waals surface area contributed by atoms with Crippen LogP contribution < -0.4 is 5.76 Å². The van der Waals surface area contributed by atoms with Crippen LogP contribution in [0.25, 0.3) is 11.1 Å². The van der Waals surface area contributed by atoms with Crippen LogP contribution in [-0.2, 0) is 0 Å². The second-order valence-electron chi connectivity index (χ2n) is 4.49. The minimum atomic E-state index is -0.591. The molecular weight excluding hydrogens is 261 g/mol. The molecule has 3 aromatic rings. The van der Waals surface area contributed by atoms with Gasteiger partial charge < -0.3 is 4.42 Å². The van der Waals surface area contributed by atoms with Crippen molar-refractivity contribution in [2.45, 2.75) is 6.92 Å². The molecule has 1 N–H and O–H groups in total. The van der Waals surface area contributed by atoms with Crippen LogP contribution in [0, 0.1) is 12.7 Å².